The van der Waals surface area contributed by atoms with Crippen LogP contribution in [0.2, 0.25) is 0 Å². The van der Waals surface area contributed by atoms with E-state index in [0.29, 0.717) is 12.4 Å². The van der Waals surface area contributed by atoms with Crippen molar-refractivity contribution in [3.05, 3.63) is 53.8 Å². The molecular formula is C13H9FO. The quantitative estimate of drug-likeness (QED) is 0.633. The summed E-state index contributed by atoms with van der Waals surface area (Å²) in [5.74, 6) is 0.377. The molecule has 0 amide bonds. The highest BCUT2D eigenvalue weighted by Crippen LogP contribution is 2.37. The third-order valence-electron chi connectivity index (χ3n) is 2.63. The zero-order valence-corrected chi connectivity index (χ0v) is 8.03. The first-order valence-corrected chi connectivity index (χ1v) is 4.85. The molecule has 1 nitrogen and oxygen atoms in total. The lowest BCUT2D eigenvalue weighted by Gasteiger charge is -2.20. The highest BCUT2D eigenvalue weighted by atomic mass is 19.1. The molecule has 1 aliphatic rings. The zero-order valence-electron chi connectivity index (χ0n) is 8.03. The molecule has 15 heavy (non-hydrogen) atoms. The van der Waals surface area contributed by atoms with Gasteiger partial charge in [-0.1, -0.05) is 24.3 Å². The predicted molar refractivity (Wildman–Crippen MR) is 56.2 cm³/mol. The highest BCUT2D eigenvalue weighted by Gasteiger charge is 2.16. The molecule has 0 bridgehead atoms. The summed E-state index contributed by atoms with van der Waals surface area (Å²) < 4.78 is 18.5. The van der Waals surface area contributed by atoms with E-state index in [-0.39, 0.29) is 5.82 Å². The fourth-order valence-corrected chi connectivity index (χ4v) is 1.90. The van der Waals surface area contributed by atoms with Gasteiger partial charge in [-0.2, -0.15) is 0 Å². The second kappa shape index (κ2) is 3.09. The Balaban J connectivity index is 2.26. The van der Waals surface area contributed by atoms with Crippen molar-refractivity contribution < 1.29 is 9.13 Å². The van der Waals surface area contributed by atoms with Crippen molar-refractivity contribution in [2.45, 2.75) is 6.61 Å². The summed E-state index contributed by atoms with van der Waals surface area (Å²) in [5.41, 5.74) is 3.26. The zero-order chi connectivity index (χ0) is 10.3. The number of halogens is 1. The molecule has 3 rings (SSSR count). The van der Waals surface area contributed by atoms with Crippen molar-refractivity contribution in [1.82, 2.24) is 0 Å². The third-order valence-corrected chi connectivity index (χ3v) is 2.63. The average Bonchev–Trinajstić information content (AvgIpc) is 2.28. The van der Waals surface area contributed by atoms with Crippen LogP contribution < -0.4 is 4.74 Å². The van der Waals surface area contributed by atoms with E-state index in [1.54, 1.807) is 6.07 Å². The predicted octanol–water partition coefficient (Wildman–Crippen LogP) is 3.39. The van der Waals surface area contributed by atoms with Crippen LogP contribution in [-0.4, -0.2) is 0 Å². The van der Waals surface area contributed by atoms with Crippen LogP contribution in [0, 0.1) is 5.82 Å². The Morgan fingerprint density at radius 1 is 1.00 bits per heavy atom. The molecule has 74 valence electrons. The molecule has 2 aromatic rings. The van der Waals surface area contributed by atoms with Crippen LogP contribution in [0.5, 0.6) is 5.75 Å². The number of hydrogen-bond acceptors (Lipinski definition) is 1. The van der Waals surface area contributed by atoms with Gasteiger partial charge in [0.05, 0.1) is 0 Å². The summed E-state index contributed by atoms with van der Waals surface area (Å²) in [6, 6.07) is 12.7. The first-order chi connectivity index (χ1) is 7.34. The van der Waals surface area contributed by atoms with Crippen LogP contribution in [0.25, 0.3) is 11.1 Å². The van der Waals surface area contributed by atoms with Crippen LogP contribution in [0.3, 0.4) is 0 Å². The Bertz CT molecular complexity index is 520. The first kappa shape index (κ1) is 8.48. The lowest BCUT2D eigenvalue weighted by molar-refractivity contribution is 0.300. The Hall–Kier alpha value is -1.83. The lowest BCUT2D eigenvalue weighted by Crippen LogP contribution is -2.05. The average molecular weight is 200 g/mol. The molecule has 0 spiro atoms. The molecule has 0 aromatic heterocycles. The monoisotopic (exact) mass is 200 g/mol. The number of ether oxygens (including phenoxy) is 1. The van der Waals surface area contributed by atoms with Crippen LogP contribution in [0.1, 0.15) is 5.56 Å². The number of rotatable bonds is 0. The van der Waals surface area contributed by atoms with Crippen LogP contribution in [0.4, 0.5) is 4.39 Å². The smallest absolute Gasteiger partial charge is 0.130 e. The van der Waals surface area contributed by atoms with Crippen LogP contribution >= 0.6 is 0 Å². The van der Waals surface area contributed by atoms with E-state index in [4.69, 9.17) is 4.74 Å². The minimum Gasteiger partial charge on any atom is -0.488 e. The van der Waals surface area contributed by atoms with Crippen molar-refractivity contribution in [3.63, 3.8) is 0 Å². The molecule has 0 atom stereocenters. The Labute approximate surface area is 87.1 Å². The normalized spacial score (nSPS) is 12.6. The minimum absolute atomic E-state index is 0.256. The minimum atomic E-state index is -0.256. The molecule has 0 unspecified atom stereocenters. The van der Waals surface area contributed by atoms with Gasteiger partial charge in [0.25, 0.3) is 0 Å². The summed E-state index contributed by atoms with van der Waals surface area (Å²) in [6.07, 6.45) is 0. The van der Waals surface area contributed by atoms with Crippen LogP contribution in [0.15, 0.2) is 42.5 Å². The van der Waals surface area contributed by atoms with E-state index in [1.807, 2.05) is 24.3 Å². The van der Waals surface area contributed by atoms with Gasteiger partial charge in [-0.3, -0.25) is 0 Å². The maximum absolute atomic E-state index is 13.0. The third kappa shape index (κ3) is 1.30. The van der Waals surface area contributed by atoms with E-state index in [0.717, 1.165) is 16.7 Å². The van der Waals surface area contributed by atoms with Gasteiger partial charge in [0, 0.05) is 11.6 Å². The van der Waals surface area contributed by atoms with E-state index >= 15 is 0 Å². The van der Waals surface area contributed by atoms with Gasteiger partial charge >= 0.3 is 0 Å². The second-order valence-electron chi connectivity index (χ2n) is 3.59. The van der Waals surface area contributed by atoms with Crippen molar-refractivity contribution in [2.24, 2.45) is 0 Å². The highest BCUT2D eigenvalue weighted by molar-refractivity contribution is 5.74. The van der Waals surface area contributed by atoms with Gasteiger partial charge < -0.3 is 4.74 Å². The van der Waals surface area contributed by atoms with Gasteiger partial charge in [-0.15, -0.1) is 0 Å². The summed E-state index contributed by atoms with van der Waals surface area (Å²) in [5, 5.41) is 0. The number of hydrogen-bond donors (Lipinski definition) is 0. The fraction of sp³-hybridized carbons (Fsp3) is 0.0769. The van der Waals surface area contributed by atoms with Gasteiger partial charge in [-0.05, 0) is 23.3 Å². The first-order valence-electron chi connectivity index (χ1n) is 4.85. The second-order valence-corrected chi connectivity index (χ2v) is 3.59. The summed E-state index contributed by atoms with van der Waals surface area (Å²) in [6.45, 7) is 0.520. The molecule has 0 saturated heterocycles. The number of fused-ring (bicyclic) bond motifs is 3. The van der Waals surface area contributed by atoms with Gasteiger partial charge in [0.1, 0.15) is 18.2 Å². The Morgan fingerprint density at radius 2 is 1.87 bits per heavy atom. The van der Waals surface area contributed by atoms with E-state index in [2.05, 4.69) is 0 Å². The standard InChI is InChI=1S/C13H9FO/c14-10-5-6-12-11-4-2-1-3-9(11)8-15-13(12)7-10/h1-7H,8H2. The molecule has 0 fully saturated rings. The maximum Gasteiger partial charge on any atom is 0.130 e. The molecule has 1 heterocycles. The van der Waals surface area contributed by atoms with Crippen molar-refractivity contribution in [2.75, 3.05) is 0 Å². The van der Waals surface area contributed by atoms with Crippen molar-refractivity contribution in [1.29, 1.82) is 0 Å². The summed E-state index contributed by atoms with van der Waals surface area (Å²) in [4.78, 5) is 0. The fourth-order valence-electron chi connectivity index (χ4n) is 1.90. The Kier molecular flexibility index (Phi) is 1.75. The lowest BCUT2D eigenvalue weighted by atomic mass is 9.97. The van der Waals surface area contributed by atoms with E-state index < -0.39 is 0 Å². The molecular weight excluding hydrogens is 191 g/mol. The summed E-state index contributed by atoms with van der Waals surface area (Å²) in [7, 11) is 0. The number of benzene rings is 2. The van der Waals surface area contributed by atoms with E-state index in [1.165, 1.54) is 12.1 Å². The molecule has 0 saturated carbocycles. The topological polar surface area (TPSA) is 9.23 Å². The molecule has 0 aliphatic carbocycles. The summed E-state index contributed by atoms with van der Waals surface area (Å²) >= 11 is 0. The van der Waals surface area contributed by atoms with E-state index in [9.17, 15) is 4.39 Å². The SMILES string of the molecule is Fc1ccc2c(c1)OCc1ccccc1-2. The molecule has 0 N–H and O–H groups in total. The molecule has 0 radical (unpaired) electrons. The van der Waals surface area contributed by atoms with Crippen LogP contribution in [-0.2, 0) is 6.61 Å². The molecule has 1 aliphatic heterocycles. The largest absolute Gasteiger partial charge is 0.488 e. The van der Waals surface area contributed by atoms with Gasteiger partial charge in [-0.25, -0.2) is 4.39 Å². The Morgan fingerprint density at radius 3 is 2.80 bits per heavy atom. The van der Waals surface area contributed by atoms with Gasteiger partial charge in [0.15, 0.2) is 0 Å². The van der Waals surface area contributed by atoms with Gasteiger partial charge in [0.2, 0.25) is 0 Å². The van der Waals surface area contributed by atoms with Crippen molar-refractivity contribution >= 4 is 0 Å². The molecule has 2 aromatic carbocycles. The maximum atomic E-state index is 13.0. The molecule has 2 heteroatoms. The van der Waals surface area contributed by atoms with Crippen molar-refractivity contribution in [3.8, 4) is 16.9 Å².